The lowest BCUT2D eigenvalue weighted by atomic mass is 10.1. The van der Waals surface area contributed by atoms with Crippen LogP contribution >= 0.6 is 0 Å². The largest absolute Gasteiger partial charge is 0.496 e. The highest BCUT2D eigenvalue weighted by atomic mass is 32.2. The van der Waals surface area contributed by atoms with Crippen molar-refractivity contribution in [3.63, 3.8) is 0 Å². The lowest BCUT2D eigenvalue weighted by Gasteiger charge is -2.12. The third-order valence-electron chi connectivity index (χ3n) is 3.87. The first-order valence-corrected chi connectivity index (χ1v) is 10.7. The van der Waals surface area contributed by atoms with Crippen molar-refractivity contribution in [3.05, 3.63) is 59.8 Å². The molecule has 3 aromatic rings. The fraction of sp³-hybridized carbons (Fsp3) is 0.158. The second-order valence-corrected chi connectivity index (χ2v) is 8.68. The molecule has 0 aliphatic rings. The van der Waals surface area contributed by atoms with E-state index in [2.05, 4.69) is 20.3 Å². The van der Waals surface area contributed by atoms with Gasteiger partial charge in [-0.1, -0.05) is 0 Å². The molecule has 3 rings (SSSR count). The van der Waals surface area contributed by atoms with Gasteiger partial charge < -0.3 is 10.1 Å². The SMILES string of the molecule is COc1cc(F)ccc1-c1cc(Nc2cc(C=S(C)(N)=O)cc(C(F)(F)F)n2)ncn1. The number of aromatic nitrogens is 3. The quantitative estimate of drug-likeness (QED) is 0.452. The van der Waals surface area contributed by atoms with Crippen molar-refractivity contribution < 1.29 is 26.5 Å². The van der Waals surface area contributed by atoms with Crippen LogP contribution in [0.4, 0.5) is 29.2 Å². The Labute approximate surface area is 175 Å². The van der Waals surface area contributed by atoms with Crippen LogP contribution in [0.2, 0.25) is 0 Å². The molecule has 0 spiro atoms. The lowest BCUT2D eigenvalue weighted by Crippen LogP contribution is -2.15. The zero-order valence-corrected chi connectivity index (χ0v) is 17.1. The zero-order chi connectivity index (χ0) is 22.8. The van der Waals surface area contributed by atoms with Crippen molar-refractivity contribution in [1.29, 1.82) is 0 Å². The molecule has 0 radical (unpaired) electrons. The maximum absolute atomic E-state index is 13.4. The number of nitrogens with zero attached hydrogens (tertiary/aromatic N) is 3. The molecule has 12 heteroatoms. The van der Waals surface area contributed by atoms with Crippen molar-refractivity contribution in [2.45, 2.75) is 6.18 Å². The van der Waals surface area contributed by atoms with Gasteiger partial charge in [0, 0.05) is 39.0 Å². The minimum atomic E-state index is -4.73. The Morgan fingerprint density at radius 2 is 1.87 bits per heavy atom. The molecule has 2 aromatic heterocycles. The first kappa shape index (κ1) is 22.4. The summed E-state index contributed by atoms with van der Waals surface area (Å²) in [7, 11) is -1.58. The summed E-state index contributed by atoms with van der Waals surface area (Å²) in [6.07, 6.45) is -2.36. The first-order chi connectivity index (χ1) is 14.4. The maximum Gasteiger partial charge on any atom is 0.433 e. The summed E-state index contributed by atoms with van der Waals surface area (Å²) in [4.78, 5) is 11.6. The molecule has 1 aromatic carbocycles. The van der Waals surface area contributed by atoms with E-state index in [1.165, 1.54) is 50.0 Å². The molecule has 0 aliphatic carbocycles. The monoisotopic (exact) mass is 455 g/mol. The van der Waals surface area contributed by atoms with E-state index in [-0.39, 0.29) is 22.9 Å². The van der Waals surface area contributed by atoms with Crippen LogP contribution < -0.4 is 15.2 Å². The number of halogens is 4. The molecule has 164 valence electrons. The van der Waals surface area contributed by atoms with Crippen molar-refractivity contribution >= 4 is 26.7 Å². The summed E-state index contributed by atoms with van der Waals surface area (Å²) >= 11 is 0. The average Bonchev–Trinajstić information content (AvgIpc) is 2.66. The highest BCUT2D eigenvalue weighted by molar-refractivity contribution is 7.98. The fourth-order valence-corrected chi connectivity index (χ4v) is 3.36. The zero-order valence-electron chi connectivity index (χ0n) is 16.3. The van der Waals surface area contributed by atoms with Crippen LogP contribution in [-0.2, 0) is 15.9 Å². The Morgan fingerprint density at radius 1 is 1.13 bits per heavy atom. The van der Waals surface area contributed by atoms with Gasteiger partial charge in [0.15, 0.2) is 0 Å². The van der Waals surface area contributed by atoms with Gasteiger partial charge in [-0.05, 0) is 29.8 Å². The number of ether oxygens (including phenoxy) is 1. The van der Waals surface area contributed by atoms with Crippen LogP contribution in [0.3, 0.4) is 0 Å². The van der Waals surface area contributed by atoms with Crippen LogP contribution in [0.1, 0.15) is 11.3 Å². The number of methoxy groups -OCH3 is 1. The van der Waals surface area contributed by atoms with Crippen molar-refractivity contribution in [2.24, 2.45) is 5.14 Å². The van der Waals surface area contributed by atoms with Gasteiger partial charge in [0.05, 0.1) is 12.8 Å². The van der Waals surface area contributed by atoms with Gasteiger partial charge in [-0.25, -0.2) is 19.3 Å². The number of rotatable bonds is 5. The molecule has 0 fully saturated rings. The third kappa shape index (κ3) is 5.89. The smallest absolute Gasteiger partial charge is 0.433 e. The van der Waals surface area contributed by atoms with E-state index in [0.29, 0.717) is 11.3 Å². The molecule has 1 atom stereocenters. The van der Waals surface area contributed by atoms with Gasteiger partial charge in [-0.15, -0.1) is 0 Å². The molecule has 0 amide bonds. The predicted octanol–water partition coefficient (Wildman–Crippen LogP) is 3.39. The number of hydrogen-bond donors (Lipinski definition) is 2. The fourth-order valence-electron chi connectivity index (χ4n) is 2.68. The number of nitrogens with two attached hydrogens (primary N) is 1. The Bertz CT molecular complexity index is 1230. The van der Waals surface area contributed by atoms with E-state index >= 15 is 0 Å². The summed E-state index contributed by atoms with van der Waals surface area (Å²) in [6.45, 7) is 0. The van der Waals surface area contributed by atoms with E-state index in [4.69, 9.17) is 9.88 Å². The Morgan fingerprint density at radius 3 is 2.52 bits per heavy atom. The highest BCUT2D eigenvalue weighted by Gasteiger charge is 2.33. The number of benzene rings is 1. The van der Waals surface area contributed by atoms with Crippen LogP contribution in [0.5, 0.6) is 5.75 Å². The van der Waals surface area contributed by atoms with E-state index < -0.39 is 27.4 Å². The lowest BCUT2D eigenvalue weighted by molar-refractivity contribution is -0.141. The van der Waals surface area contributed by atoms with Gasteiger partial charge in [0.1, 0.15) is 35.2 Å². The molecular weight excluding hydrogens is 438 g/mol. The highest BCUT2D eigenvalue weighted by Crippen LogP contribution is 2.32. The van der Waals surface area contributed by atoms with Crippen molar-refractivity contribution in [1.82, 2.24) is 15.0 Å². The summed E-state index contributed by atoms with van der Waals surface area (Å²) in [5.41, 5.74) is -0.419. The number of alkyl halides is 3. The molecule has 31 heavy (non-hydrogen) atoms. The van der Waals surface area contributed by atoms with Crippen molar-refractivity contribution in [3.8, 4) is 17.0 Å². The summed E-state index contributed by atoms with van der Waals surface area (Å²) in [5.74, 6) is -0.351. The van der Waals surface area contributed by atoms with E-state index in [1.54, 1.807) is 0 Å². The normalized spacial score (nSPS) is 13.4. The minimum Gasteiger partial charge on any atom is -0.496 e. The van der Waals surface area contributed by atoms with E-state index in [9.17, 15) is 21.8 Å². The van der Waals surface area contributed by atoms with Gasteiger partial charge in [0.2, 0.25) is 0 Å². The topological polar surface area (TPSA) is 103 Å². The number of nitrogens with one attached hydrogen (secondary N) is 1. The Hall–Kier alpha value is -3.25. The van der Waals surface area contributed by atoms with Crippen molar-refractivity contribution in [2.75, 3.05) is 18.7 Å². The van der Waals surface area contributed by atoms with E-state index in [1.807, 2.05) is 0 Å². The minimum absolute atomic E-state index is 0.0192. The van der Waals surface area contributed by atoms with Gasteiger partial charge >= 0.3 is 6.18 Å². The molecule has 2 heterocycles. The Balaban J connectivity index is 2.03. The second kappa shape index (κ2) is 8.47. The first-order valence-electron chi connectivity index (χ1n) is 8.58. The number of anilines is 2. The van der Waals surface area contributed by atoms with Gasteiger partial charge in [-0.2, -0.15) is 13.2 Å². The molecule has 0 saturated heterocycles. The van der Waals surface area contributed by atoms with Crippen LogP contribution in [0.25, 0.3) is 11.3 Å². The maximum atomic E-state index is 13.4. The Kier molecular flexibility index (Phi) is 6.13. The standard InChI is InChI=1S/C19H17F4N5O2S/c1-30-15-7-12(20)3-4-13(15)14-8-17(26-10-25-14)28-18-6-11(9-31(2,24)29)5-16(27-18)19(21,22)23/h3-10H,1-2H3,(H2,24,29)(H,25,26,27,28). The molecule has 3 N–H and O–H groups in total. The van der Waals surface area contributed by atoms with Gasteiger partial charge in [0.25, 0.3) is 0 Å². The van der Waals surface area contributed by atoms with Gasteiger partial charge in [-0.3, -0.25) is 9.35 Å². The third-order valence-corrected chi connectivity index (χ3v) is 4.61. The molecule has 0 saturated carbocycles. The average molecular weight is 455 g/mol. The van der Waals surface area contributed by atoms with Crippen LogP contribution in [-0.4, -0.2) is 37.9 Å². The summed E-state index contributed by atoms with van der Waals surface area (Å²) in [6, 6.07) is 7.29. The van der Waals surface area contributed by atoms with E-state index in [0.717, 1.165) is 11.4 Å². The summed E-state index contributed by atoms with van der Waals surface area (Å²) < 4.78 is 70.1. The number of pyridine rings is 1. The molecule has 7 nitrogen and oxygen atoms in total. The second-order valence-electron chi connectivity index (χ2n) is 6.51. The molecule has 1 unspecified atom stereocenters. The molecule has 0 aliphatic heterocycles. The van der Waals surface area contributed by atoms with Crippen LogP contribution in [0, 0.1) is 5.82 Å². The number of hydrogen-bond acceptors (Lipinski definition) is 6. The summed E-state index contributed by atoms with van der Waals surface area (Å²) in [5, 5.41) is 9.14. The predicted molar refractivity (Wildman–Crippen MR) is 110 cm³/mol. The molecular formula is C19H17F4N5O2S. The molecule has 0 bridgehead atoms. The van der Waals surface area contributed by atoms with Crippen LogP contribution in [0.15, 0.2) is 42.7 Å².